The Balaban J connectivity index is 2.57. The highest BCUT2D eigenvalue weighted by molar-refractivity contribution is 5.29. The third-order valence-electron chi connectivity index (χ3n) is 2.70. The van der Waals surface area contributed by atoms with Crippen LogP contribution in [0.2, 0.25) is 0 Å². The van der Waals surface area contributed by atoms with E-state index in [-0.39, 0.29) is 0 Å². The maximum absolute atomic E-state index is 9.57. The molecule has 1 atom stereocenters. The molecule has 0 aromatic heterocycles. The van der Waals surface area contributed by atoms with E-state index in [1.165, 1.54) is 5.56 Å². The third kappa shape index (κ3) is 5.05. The average Bonchev–Trinajstić information content (AvgIpc) is 2.27. The Bertz CT molecular complexity index is 358. The van der Waals surface area contributed by atoms with Gasteiger partial charge in [-0.1, -0.05) is 31.2 Å². The van der Waals surface area contributed by atoms with E-state index in [0.29, 0.717) is 5.92 Å². The second-order valence-corrected chi connectivity index (χ2v) is 4.97. The van der Waals surface area contributed by atoms with Crippen molar-refractivity contribution in [3.8, 4) is 5.75 Å². The zero-order valence-corrected chi connectivity index (χ0v) is 11.1. The number of hydrogen-bond donors (Lipinski definition) is 1. The Morgan fingerprint density at radius 2 is 1.88 bits per heavy atom. The van der Waals surface area contributed by atoms with Gasteiger partial charge in [-0.25, -0.2) is 0 Å². The maximum atomic E-state index is 9.57. The minimum absolute atomic E-state index is 0.444. The maximum Gasteiger partial charge on any atom is 0.118 e. The van der Waals surface area contributed by atoms with Gasteiger partial charge in [0.1, 0.15) is 5.75 Å². The zero-order valence-electron chi connectivity index (χ0n) is 11.1. The summed E-state index contributed by atoms with van der Waals surface area (Å²) in [5.74, 6) is 1.33. The lowest BCUT2D eigenvalue weighted by Gasteiger charge is -2.13. The lowest BCUT2D eigenvalue weighted by Crippen LogP contribution is -2.13. The smallest absolute Gasteiger partial charge is 0.118 e. The van der Waals surface area contributed by atoms with Crippen LogP contribution in [-0.4, -0.2) is 17.8 Å². The van der Waals surface area contributed by atoms with Crippen molar-refractivity contribution in [1.29, 1.82) is 0 Å². The first-order valence-corrected chi connectivity index (χ1v) is 5.96. The first-order valence-electron chi connectivity index (χ1n) is 5.96. The predicted molar refractivity (Wildman–Crippen MR) is 71.5 cm³/mol. The molecule has 0 heterocycles. The molecule has 1 aromatic carbocycles. The molecule has 1 unspecified atom stereocenters. The van der Waals surface area contributed by atoms with E-state index < -0.39 is 5.60 Å². The molecular weight excluding hydrogens is 212 g/mol. The normalized spacial score (nSPS) is 13.9. The van der Waals surface area contributed by atoms with Crippen molar-refractivity contribution in [2.75, 3.05) is 7.11 Å². The second-order valence-electron chi connectivity index (χ2n) is 4.97. The molecule has 1 N–H and O–H groups in total. The number of rotatable bonds is 5. The average molecular weight is 234 g/mol. The monoisotopic (exact) mass is 234 g/mol. The highest BCUT2D eigenvalue weighted by atomic mass is 16.5. The van der Waals surface area contributed by atoms with Gasteiger partial charge in [0.2, 0.25) is 0 Å². The molecule has 0 bridgehead atoms. The van der Waals surface area contributed by atoms with Crippen molar-refractivity contribution < 1.29 is 9.84 Å². The molecule has 1 aromatic rings. The highest BCUT2D eigenvalue weighted by Gasteiger charge is 2.07. The standard InChI is InChI=1S/C15H22O2/c1-12(6-5-11-15(2,3)16)13-7-9-14(17-4)10-8-13/h5,7-12,16H,6H2,1-4H3/b11-5+. The largest absolute Gasteiger partial charge is 0.497 e. The van der Waals surface area contributed by atoms with E-state index in [2.05, 4.69) is 19.1 Å². The van der Waals surface area contributed by atoms with Gasteiger partial charge in [0.05, 0.1) is 12.7 Å². The molecule has 0 aliphatic carbocycles. The zero-order chi connectivity index (χ0) is 12.9. The number of ether oxygens (including phenoxy) is 1. The Labute approximate surface area is 104 Å². The lowest BCUT2D eigenvalue weighted by molar-refractivity contribution is 0.133. The molecule has 94 valence electrons. The van der Waals surface area contributed by atoms with Crippen LogP contribution < -0.4 is 4.74 Å². The summed E-state index contributed by atoms with van der Waals surface area (Å²) in [4.78, 5) is 0. The molecule has 2 heteroatoms. The fourth-order valence-electron chi connectivity index (χ4n) is 1.63. The SMILES string of the molecule is COc1ccc(C(C)C/C=C/C(C)(C)O)cc1. The Morgan fingerprint density at radius 3 is 2.35 bits per heavy atom. The summed E-state index contributed by atoms with van der Waals surface area (Å²) < 4.78 is 5.13. The molecule has 0 aliphatic rings. The Kier molecular flexibility index (Phi) is 4.76. The van der Waals surface area contributed by atoms with Gasteiger partial charge in [-0.2, -0.15) is 0 Å². The van der Waals surface area contributed by atoms with Crippen molar-refractivity contribution in [3.63, 3.8) is 0 Å². The number of aliphatic hydroxyl groups is 1. The quantitative estimate of drug-likeness (QED) is 0.790. The molecule has 0 fully saturated rings. The van der Waals surface area contributed by atoms with E-state index in [1.54, 1.807) is 21.0 Å². The first-order chi connectivity index (χ1) is 7.92. The molecule has 17 heavy (non-hydrogen) atoms. The van der Waals surface area contributed by atoms with E-state index >= 15 is 0 Å². The van der Waals surface area contributed by atoms with Gasteiger partial charge in [-0.3, -0.25) is 0 Å². The van der Waals surface area contributed by atoms with E-state index in [0.717, 1.165) is 12.2 Å². The second kappa shape index (κ2) is 5.87. The summed E-state index contributed by atoms with van der Waals surface area (Å²) in [7, 11) is 1.67. The van der Waals surface area contributed by atoms with Gasteiger partial charge in [-0.05, 0) is 43.9 Å². The summed E-state index contributed by atoms with van der Waals surface area (Å²) in [6, 6.07) is 8.12. The van der Waals surface area contributed by atoms with Gasteiger partial charge in [0, 0.05) is 0 Å². The Hall–Kier alpha value is -1.28. The third-order valence-corrected chi connectivity index (χ3v) is 2.70. The van der Waals surface area contributed by atoms with Crippen LogP contribution in [-0.2, 0) is 0 Å². The minimum Gasteiger partial charge on any atom is -0.497 e. The fraction of sp³-hybridized carbons (Fsp3) is 0.467. The van der Waals surface area contributed by atoms with E-state index in [9.17, 15) is 5.11 Å². The van der Waals surface area contributed by atoms with Crippen LogP contribution in [0, 0.1) is 0 Å². The summed E-state index contributed by atoms with van der Waals surface area (Å²) >= 11 is 0. The number of methoxy groups -OCH3 is 1. The predicted octanol–water partition coefficient (Wildman–Crippen LogP) is 3.52. The molecule has 0 radical (unpaired) electrons. The van der Waals surface area contributed by atoms with Crippen LogP contribution in [0.4, 0.5) is 0 Å². The van der Waals surface area contributed by atoms with Crippen molar-refractivity contribution in [2.24, 2.45) is 0 Å². The van der Waals surface area contributed by atoms with Crippen LogP contribution in [0.3, 0.4) is 0 Å². The molecule has 1 rings (SSSR count). The first kappa shape index (κ1) is 13.8. The number of allylic oxidation sites excluding steroid dienone is 1. The molecular formula is C15H22O2. The molecule has 0 saturated carbocycles. The van der Waals surface area contributed by atoms with Gasteiger partial charge in [0.15, 0.2) is 0 Å². The summed E-state index contributed by atoms with van der Waals surface area (Å²) in [5, 5.41) is 9.57. The lowest BCUT2D eigenvalue weighted by atomic mass is 9.96. The molecule has 0 saturated heterocycles. The molecule has 0 amide bonds. The van der Waals surface area contributed by atoms with Crippen molar-refractivity contribution >= 4 is 0 Å². The minimum atomic E-state index is -0.723. The van der Waals surface area contributed by atoms with Crippen molar-refractivity contribution in [3.05, 3.63) is 42.0 Å². The van der Waals surface area contributed by atoms with Gasteiger partial charge >= 0.3 is 0 Å². The van der Waals surface area contributed by atoms with Gasteiger partial charge in [0.25, 0.3) is 0 Å². The van der Waals surface area contributed by atoms with Crippen LogP contribution in [0.15, 0.2) is 36.4 Å². The van der Waals surface area contributed by atoms with Crippen LogP contribution in [0.1, 0.15) is 38.7 Å². The van der Waals surface area contributed by atoms with Gasteiger partial charge < -0.3 is 9.84 Å². The van der Waals surface area contributed by atoms with Crippen LogP contribution in [0.5, 0.6) is 5.75 Å². The van der Waals surface area contributed by atoms with Crippen molar-refractivity contribution in [1.82, 2.24) is 0 Å². The topological polar surface area (TPSA) is 29.5 Å². The summed E-state index contributed by atoms with van der Waals surface area (Å²) in [6.07, 6.45) is 4.80. The Morgan fingerprint density at radius 1 is 1.29 bits per heavy atom. The van der Waals surface area contributed by atoms with E-state index in [4.69, 9.17) is 4.74 Å². The molecule has 0 spiro atoms. The van der Waals surface area contributed by atoms with Crippen LogP contribution >= 0.6 is 0 Å². The van der Waals surface area contributed by atoms with E-state index in [1.807, 2.05) is 24.3 Å². The van der Waals surface area contributed by atoms with Crippen molar-refractivity contribution in [2.45, 2.75) is 38.7 Å². The molecule has 2 nitrogen and oxygen atoms in total. The summed E-state index contributed by atoms with van der Waals surface area (Å²) in [5.41, 5.74) is 0.561. The summed E-state index contributed by atoms with van der Waals surface area (Å²) in [6.45, 7) is 5.74. The number of benzene rings is 1. The van der Waals surface area contributed by atoms with Crippen LogP contribution in [0.25, 0.3) is 0 Å². The fourth-order valence-corrected chi connectivity index (χ4v) is 1.63. The number of hydrogen-bond acceptors (Lipinski definition) is 2. The highest BCUT2D eigenvalue weighted by Crippen LogP contribution is 2.22. The van der Waals surface area contributed by atoms with Gasteiger partial charge in [-0.15, -0.1) is 0 Å². The molecule has 0 aliphatic heterocycles.